The van der Waals surface area contributed by atoms with E-state index in [0.29, 0.717) is 17.1 Å². The van der Waals surface area contributed by atoms with Crippen molar-refractivity contribution in [3.8, 4) is 0 Å². The van der Waals surface area contributed by atoms with Gasteiger partial charge in [0.25, 0.3) is 5.91 Å². The van der Waals surface area contributed by atoms with Crippen molar-refractivity contribution in [2.45, 2.75) is 33.2 Å². The van der Waals surface area contributed by atoms with Crippen LogP contribution in [-0.2, 0) is 22.6 Å². The number of carbonyl (C=O) groups is 3. The number of carbonyl (C=O) groups excluding carboxylic acids is 3. The van der Waals surface area contributed by atoms with Crippen LogP contribution in [0.25, 0.3) is 0 Å². The number of nitrogens with one attached hydrogen (secondary N) is 2. The lowest BCUT2D eigenvalue weighted by Crippen LogP contribution is -2.36. The molecule has 0 saturated carbocycles. The minimum absolute atomic E-state index is 0.0168. The number of furan rings is 1. The Hall–Kier alpha value is -3.39. The summed E-state index contributed by atoms with van der Waals surface area (Å²) in [5.41, 5.74) is 3.18. The summed E-state index contributed by atoms with van der Waals surface area (Å²) in [6.07, 6.45) is 1.64. The summed E-state index contributed by atoms with van der Waals surface area (Å²) in [4.78, 5) is 39.8. The molecule has 1 aliphatic rings. The molecule has 2 aromatic heterocycles. The van der Waals surface area contributed by atoms with E-state index in [1.54, 1.807) is 11.0 Å². The molecule has 1 aromatic carbocycles. The van der Waals surface area contributed by atoms with Gasteiger partial charge in [0.2, 0.25) is 0 Å². The summed E-state index contributed by atoms with van der Waals surface area (Å²) in [6.45, 7) is 4.52. The summed E-state index contributed by atoms with van der Waals surface area (Å²) < 4.78 is 5.43. The number of aryl methyl sites for hydroxylation is 3. The smallest absolute Gasteiger partial charge is 0.313 e. The first kappa shape index (κ1) is 20.9. The molecule has 3 heterocycles. The highest BCUT2D eigenvalue weighted by Gasteiger charge is 2.25. The molecule has 1 aliphatic heterocycles. The standard InChI is InChI=1S/C23H23N3O4S/c1-14-11-17(15(2)30-14)13-24-21(27)22(28)25-18-7-8-19-16(12-18)5-3-9-26(19)23(29)20-6-4-10-31-20/h4,6-8,10-12H,3,5,9,13H2,1-2H3,(H,24,27)(H,25,28). The summed E-state index contributed by atoms with van der Waals surface area (Å²) >= 11 is 1.42. The lowest BCUT2D eigenvalue weighted by molar-refractivity contribution is -0.136. The Labute approximate surface area is 184 Å². The average Bonchev–Trinajstić information content (AvgIpc) is 3.40. The third-order valence-electron chi connectivity index (χ3n) is 5.22. The number of rotatable bonds is 4. The van der Waals surface area contributed by atoms with Crippen LogP contribution >= 0.6 is 11.3 Å². The summed E-state index contributed by atoms with van der Waals surface area (Å²) in [7, 11) is 0. The molecular formula is C23H23N3O4S. The fourth-order valence-electron chi connectivity index (χ4n) is 3.72. The molecule has 0 spiro atoms. The van der Waals surface area contributed by atoms with Gasteiger partial charge in [-0.15, -0.1) is 11.3 Å². The number of nitrogens with zero attached hydrogens (tertiary/aromatic N) is 1. The van der Waals surface area contributed by atoms with Gasteiger partial charge in [-0.2, -0.15) is 0 Å². The van der Waals surface area contributed by atoms with E-state index < -0.39 is 11.8 Å². The van der Waals surface area contributed by atoms with Crippen molar-refractivity contribution in [1.29, 1.82) is 0 Å². The van der Waals surface area contributed by atoms with Crippen LogP contribution in [0.15, 0.2) is 46.2 Å². The van der Waals surface area contributed by atoms with Crippen molar-refractivity contribution in [2.24, 2.45) is 0 Å². The molecule has 3 amide bonds. The highest BCUT2D eigenvalue weighted by molar-refractivity contribution is 7.12. The van der Waals surface area contributed by atoms with Crippen LogP contribution < -0.4 is 15.5 Å². The van der Waals surface area contributed by atoms with E-state index in [1.807, 2.05) is 49.6 Å². The second-order valence-corrected chi connectivity index (χ2v) is 8.40. The Morgan fingerprint density at radius 2 is 1.97 bits per heavy atom. The molecule has 0 fully saturated rings. The van der Waals surface area contributed by atoms with Gasteiger partial charge in [0.1, 0.15) is 11.5 Å². The van der Waals surface area contributed by atoms with Gasteiger partial charge in [-0.3, -0.25) is 14.4 Å². The van der Waals surface area contributed by atoms with Gasteiger partial charge in [0.15, 0.2) is 0 Å². The first-order chi connectivity index (χ1) is 14.9. The second-order valence-electron chi connectivity index (χ2n) is 7.46. The average molecular weight is 438 g/mol. The van der Waals surface area contributed by atoms with Crippen LogP contribution in [0.1, 0.15) is 38.7 Å². The van der Waals surface area contributed by atoms with Crippen LogP contribution in [0.5, 0.6) is 0 Å². The van der Waals surface area contributed by atoms with E-state index in [-0.39, 0.29) is 12.5 Å². The minimum Gasteiger partial charge on any atom is -0.466 e. The number of fused-ring (bicyclic) bond motifs is 1. The minimum atomic E-state index is -0.736. The van der Waals surface area contributed by atoms with E-state index in [2.05, 4.69) is 10.6 Å². The second kappa shape index (κ2) is 8.77. The third-order valence-corrected chi connectivity index (χ3v) is 6.08. The van der Waals surface area contributed by atoms with Gasteiger partial charge in [-0.05, 0) is 68.0 Å². The molecule has 0 bridgehead atoms. The monoisotopic (exact) mass is 437 g/mol. The van der Waals surface area contributed by atoms with Crippen molar-refractivity contribution in [2.75, 3.05) is 16.8 Å². The first-order valence-corrected chi connectivity index (χ1v) is 10.9. The zero-order chi connectivity index (χ0) is 22.0. The van der Waals surface area contributed by atoms with E-state index in [4.69, 9.17) is 4.42 Å². The molecule has 8 heteroatoms. The number of amides is 3. The van der Waals surface area contributed by atoms with Gasteiger partial charge in [0, 0.05) is 30.0 Å². The van der Waals surface area contributed by atoms with Gasteiger partial charge >= 0.3 is 11.8 Å². The van der Waals surface area contributed by atoms with E-state index in [1.165, 1.54) is 11.3 Å². The van der Waals surface area contributed by atoms with Crippen LogP contribution in [0.2, 0.25) is 0 Å². The summed E-state index contributed by atoms with van der Waals surface area (Å²) in [6, 6.07) is 10.9. The van der Waals surface area contributed by atoms with Crippen molar-refractivity contribution < 1.29 is 18.8 Å². The quantitative estimate of drug-likeness (QED) is 0.607. The van der Waals surface area contributed by atoms with E-state index in [0.717, 1.165) is 41.2 Å². The van der Waals surface area contributed by atoms with Crippen molar-refractivity contribution in [3.05, 3.63) is 69.3 Å². The molecule has 0 unspecified atom stereocenters. The zero-order valence-corrected chi connectivity index (χ0v) is 18.2. The number of hydrogen-bond acceptors (Lipinski definition) is 5. The molecule has 160 valence electrons. The van der Waals surface area contributed by atoms with Crippen LogP contribution in [0.3, 0.4) is 0 Å². The van der Waals surface area contributed by atoms with E-state index >= 15 is 0 Å². The normalized spacial score (nSPS) is 12.9. The van der Waals surface area contributed by atoms with E-state index in [9.17, 15) is 14.4 Å². The maximum atomic E-state index is 12.8. The molecule has 7 nitrogen and oxygen atoms in total. The topological polar surface area (TPSA) is 91.7 Å². The maximum Gasteiger partial charge on any atom is 0.313 e. The van der Waals surface area contributed by atoms with Gasteiger partial charge < -0.3 is 20.0 Å². The number of hydrogen-bond donors (Lipinski definition) is 2. The van der Waals surface area contributed by atoms with Gasteiger partial charge in [-0.25, -0.2) is 0 Å². The number of benzene rings is 1. The lowest BCUT2D eigenvalue weighted by atomic mass is 10.0. The fourth-order valence-corrected chi connectivity index (χ4v) is 4.39. The highest BCUT2D eigenvalue weighted by atomic mass is 32.1. The number of anilines is 2. The predicted molar refractivity (Wildman–Crippen MR) is 119 cm³/mol. The Bertz CT molecular complexity index is 1130. The molecule has 0 aliphatic carbocycles. The molecule has 4 rings (SSSR count). The van der Waals surface area contributed by atoms with Gasteiger partial charge in [-0.1, -0.05) is 6.07 Å². The first-order valence-electron chi connectivity index (χ1n) is 10.1. The predicted octanol–water partition coefficient (Wildman–Crippen LogP) is 3.81. The Morgan fingerprint density at radius 1 is 1.13 bits per heavy atom. The molecule has 31 heavy (non-hydrogen) atoms. The molecule has 3 aromatic rings. The molecular weight excluding hydrogens is 414 g/mol. The van der Waals surface area contributed by atoms with Crippen molar-refractivity contribution in [1.82, 2.24) is 5.32 Å². The van der Waals surface area contributed by atoms with Crippen LogP contribution in [0.4, 0.5) is 11.4 Å². The van der Waals surface area contributed by atoms with Crippen LogP contribution in [0, 0.1) is 13.8 Å². The molecule has 0 radical (unpaired) electrons. The Balaban J connectivity index is 1.41. The van der Waals surface area contributed by atoms with Gasteiger partial charge in [0.05, 0.1) is 4.88 Å². The largest absolute Gasteiger partial charge is 0.466 e. The zero-order valence-electron chi connectivity index (χ0n) is 17.4. The van der Waals surface area contributed by atoms with Crippen LogP contribution in [-0.4, -0.2) is 24.3 Å². The third kappa shape index (κ3) is 4.54. The Kier molecular flexibility index (Phi) is 5.90. The summed E-state index contributed by atoms with van der Waals surface area (Å²) in [5.74, 6) is 0.00363. The molecule has 2 N–H and O–H groups in total. The number of thiophene rings is 1. The van der Waals surface area contributed by atoms with Crippen molar-refractivity contribution in [3.63, 3.8) is 0 Å². The molecule has 0 saturated heterocycles. The maximum absolute atomic E-state index is 12.8. The SMILES string of the molecule is Cc1cc(CNC(=O)C(=O)Nc2ccc3c(c2)CCCN3C(=O)c2cccs2)c(C)o1. The molecule has 0 atom stereocenters. The highest BCUT2D eigenvalue weighted by Crippen LogP contribution is 2.31. The fraction of sp³-hybridized carbons (Fsp3) is 0.261. The Morgan fingerprint density at radius 3 is 2.68 bits per heavy atom. The van der Waals surface area contributed by atoms with Crippen molar-refractivity contribution >= 4 is 40.4 Å². The lowest BCUT2D eigenvalue weighted by Gasteiger charge is -2.29. The summed E-state index contributed by atoms with van der Waals surface area (Å²) in [5, 5.41) is 7.14.